The van der Waals surface area contributed by atoms with Crippen LogP contribution in [0.25, 0.3) is 0 Å². The van der Waals surface area contributed by atoms with Crippen molar-refractivity contribution in [1.82, 2.24) is 0 Å². The fourth-order valence-corrected chi connectivity index (χ4v) is 1.45. The van der Waals surface area contributed by atoms with Gasteiger partial charge in [0.05, 0.1) is 6.61 Å². The molecule has 4 N–H and O–H groups in total. The Kier molecular flexibility index (Phi) is 4.00. The van der Waals surface area contributed by atoms with E-state index < -0.39 is 12.0 Å². The second-order valence-electron chi connectivity index (χ2n) is 3.05. The van der Waals surface area contributed by atoms with Crippen LogP contribution in [0.4, 0.5) is 0 Å². The van der Waals surface area contributed by atoms with E-state index in [0.29, 0.717) is 0 Å². The van der Waals surface area contributed by atoms with Crippen LogP contribution in [0, 0.1) is 0 Å². The molecule has 2 atom stereocenters. The molecular weight excluding hydrogens is 198 g/mol. The Labute approximate surface area is 88.2 Å². The first kappa shape index (κ1) is 11.1. The minimum Gasteiger partial charge on any atom is -0.396 e. The summed E-state index contributed by atoms with van der Waals surface area (Å²) in [4.78, 5) is 0.00732. The standard InChI is InChI=1S/C10H13NO2S/c11-10(14)9(13)8(6-12)7-4-2-1-3-5-7/h1-5,8-9,12-13H,6H2,(H2,11,14)/t8?,9-/m0/s1. The molecule has 14 heavy (non-hydrogen) atoms. The van der Waals surface area contributed by atoms with Crippen LogP contribution in [0.5, 0.6) is 0 Å². The fourth-order valence-electron chi connectivity index (χ4n) is 1.29. The SMILES string of the molecule is NC(=S)[C@@H](O)C(CO)c1ccccc1. The van der Waals surface area contributed by atoms with Crippen molar-refractivity contribution >= 4 is 17.2 Å². The maximum atomic E-state index is 9.61. The molecule has 0 saturated carbocycles. The van der Waals surface area contributed by atoms with E-state index in [9.17, 15) is 5.11 Å². The van der Waals surface area contributed by atoms with Gasteiger partial charge in [-0.1, -0.05) is 42.5 Å². The molecule has 0 spiro atoms. The molecule has 0 aliphatic heterocycles. The second-order valence-corrected chi connectivity index (χ2v) is 3.52. The van der Waals surface area contributed by atoms with E-state index in [-0.39, 0.29) is 11.6 Å². The first-order valence-corrected chi connectivity index (χ1v) is 4.71. The van der Waals surface area contributed by atoms with E-state index in [1.807, 2.05) is 30.3 Å². The van der Waals surface area contributed by atoms with Crippen molar-refractivity contribution in [3.05, 3.63) is 35.9 Å². The van der Waals surface area contributed by atoms with Crippen LogP contribution in [0.15, 0.2) is 30.3 Å². The average Bonchev–Trinajstić information content (AvgIpc) is 2.20. The average molecular weight is 211 g/mol. The number of thiocarbonyl (C=S) groups is 1. The Hall–Kier alpha value is -0.970. The van der Waals surface area contributed by atoms with Gasteiger partial charge in [0.25, 0.3) is 0 Å². The van der Waals surface area contributed by atoms with Crippen molar-refractivity contribution in [2.75, 3.05) is 6.61 Å². The number of aliphatic hydroxyl groups is 2. The number of rotatable bonds is 4. The molecule has 76 valence electrons. The number of hydrogen-bond acceptors (Lipinski definition) is 3. The van der Waals surface area contributed by atoms with Gasteiger partial charge in [-0.25, -0.2) is 0 Å². The highest BCUT2D eigenvalue weighted by Gasteiger charge is 2.22. The summed E-state index contributed by atoms with van der Waals surface area (Å²) in [6, 6.07) is 9.18. The molecule has 0 bridgehead atoms. The lowest BCUT2D eigenvalue weighted by Gasteiger charge is -2.19. The lowest BCUT2D eigenvalue weighted by molar-refractivity contribution is 0.156. The summed E-state index contributed by atoms with van der Waals surface area (Å²) in [6.45, 7) is -0.178. The first-order chi connectivity index (χ1) is 6.66. The molecule has 0 aromatic heterocycles. The predicted octanol–water partition coefficient (Wildman–Crippen LogP) is 0.410. The molecule has 0 radical (unpaired) electrons. The Bertz CT molecular complexity index is 302. The molecule has 0 heterocycles. The Morgan fingerprint density at radius 3 is 2.36 bits per heavy atom. The highest BCUT2D eigenvalue weighted by molar-refractivity contribution is 7.80. The summed E-state index contributed by atoms with van der Waals surface area (Å²) in [5.74, 6) is -0.436. The molecule has 0 aliphatic rings. The van der Waals surface area contributed by atoms with Crippen molar-refractivity contribution in [1.29, 1.82) is 0 Å². The maximum absolute atomic E-state index is 9.61. The number of benzene rings is 1. The minimum atomic E-state index is -0.975. The first-order valence-electron chi connectivity index (χ1n) is 4.30. The molecular formula is C10H13NO2S. The van der Waals surface area contributed by atoms with E-state index in [1.54, 1.807) is 0 Å². The topological polar surface area (TPSA) is 66.5 Å². The lowest BCUT2D eigenvalue weighted by Crippen LogP contribution is -2.34. The van der Waals surface area contributed by atoms with Crippen molar-refractivity contribution < 1.29 is 10.2 Å². The third-order valence-corrected chi connectivity index (χ3v) is 2.34. The van der Waals surface area contributed by atoms with Gasteiger partial charge in [-0.15, -0.1) is 0 Å². The third kappa shape index (κ3) is 2.51. The van der Waals surface area contributed by atoms with Gasteiger partial charge in [-0.05, 0) is 5.56 Å². The lowest BCUT2D eigenvalue weighted by atomic mass is 9.94. The Morgan fingerprint density at radius 1 is 1.36 bits per heavy atom. The van der Waals surface area contributed by atoms with Gasteiger partial charge in [-0.3, -0.25) is 0 Å². The van der Waals surface area contributed by atoms with Crippen molar-refractivity contribution in [3.8, 4) is 0 Å². The van der Waals surface area contributed by atoms with Crippen molar-refractivity contribution in [3.63, 3.8) is 0 Å². The van der Waals surface area contributed by atoms with Crippen LogP contribution in [-0.2, 0) is 0 Å². The summed E-state index contributed by atoms with van der Waals surface area (Å²) < 4.78 is 0. The van der Waals surface area contributed by atoms with Crippen LogP contribution in [0.3, 0.4) is 0 Å². The van der Waals surface area contributed by atoms with Crippen molar-refractivity contribution in [2.24, 2.45) is 5.73 Å². The fraction of sp³-hybridized carbons (Fsp3) is 0.300. The van der Waals surface area contributed by atoms with Crippen LogP contribution < -0.4 is 5.73 Å². The molecule has 1 aromatic carbocycles. The van der Waals surface area contributed by atoms with Crippen LogP contribution in [0.2, 0.25) is 0 Å². The quantitative estimate of drug-likeness (QED) is 0.631. The van der Waals surface area contributed by atoms with Crippen molar-refractivity contribution in [2.45, 2.75) is 12.0 Å². The molecule has 4 heteroatoms. The summed E-state index contributed by atoms with van der Waals surface area (Å²) in [6.07, 6.45) is -0.975. The van der Waals surface area contributed by atoms with E-state index in [0.717, 1.165) is 5.56 Å². The highest BCUT2D eigenvalue weighted by atomic mass is 32.1. The Morgan fingerprint density at radius 2 is 1.93 bits per heavy atom. The molecule has 1 rings (SSSR count). The number of hydrogen-bond donors (Lipinski definition) is 3. The van der Waals surface area contributed by atoms with Gasteiger partial charge in [-0.2, -0.15) is 0 Å². The van der Waals surface area contributed by atoms with Gasteiger partial charge in [0.1, 0.15) is 11.1 Å². The maximum Gasteiger partial charge on any atom is 0.113 e. The molecule has 1 aromatic rings. The van der Waals surface area contributed by atoms with Crippen LogP contribution in [-0.4, -0.2) is 27.9 Å². The third-order valence-electron chi connectivity index (χ3n) is 2.10. The zero-order valence-corrected chi connectivity index (χ0v) is 8.45. The molecule has 1 unspecified atom stereocenters. The van der Waals surface area contributed by atoms with Gasteiger partial charge >= 0.3 is 0 Å². The van der Waals surface area contributed by atoms with E-state index >= 15 is 0 Å². The molecule has 0 aliphatic carbocycles. The highest BCUT2D eigenvalue weighted by Crippen LogP contribution is 2.19. The van der Waals surface area contributed by atoms with E-state index in [1.165, 1.54) is 0 Å². The van der Waals surface area contributed by atoms with E-state index in [4.69, 9.17) is 10.8 Å². The monoisotopic (exact) mass is 211 g/mol. The second kappa shape index (κ2) is 5.05. The van der Waals surface area contributed by atoms with Gasteiger partial charge in [0.15, 0.2) is 0 Å². The summed E-state index contributed by atoms with van der Waals surface area (Å²) in [5.41, 5.74) is 6.15. The van der Waals surface area contributed by atoms with Crippen LogP contribution in [0.1, 0.15) is 11.5 Å². The molecule has 3 nitrogen and oxygen atoms in total. The van der Waals surface area contributed by atoms with Gasteiger partial charge in [0.2, 0.25) is 0 Å². The van der Waals surface area contributed by atoms with Gasteiger partial charge < -0.3 is 15.9 Å². The molecule has 0 saturated heterocycles. The van der Waals surface area contributed by atoms with Gasteiger partial charge in [0, 0.05) is 5.92 Å². The number of nitrogens with two attached hydrogens (primary N) is 1. The molecule has 0 amide bonds. The predicted molar refractivity (Wildman–Crippen MR) is 59.1 cm³/mol. The van der Waals surface area contributed by atoms with Crippen LogP contribution >= 0.6 is 12.2 Å². The molecule has 0 fully saturated rings. The summed E-state index contributed by atoms with van der Waals surface area (Å²) in [7, 11) is 0. The normalized spacial score (nSPS) is 14.7. The smallest absolute Gasteiger partial charge is 0.113 e. The minimum absolute atomic E-state index is 0.00732. The zero-order chi connectivity index (χ0) is 10.6. The summed E-state index contributed by atoms with van der Waals surface area (Å²) >= 11 is 4.68. The summed E-state index contributed by atoms with van der Waals surface area (Å²) in [5, 5.41) is 18.7. The largest absolute Gasteiger partial charge is 0.396 e. The van der Waals surface area contributed by atoms with E-state index in [2.05, 4.69) is 12.2 Å². The number of aliphatic hydroxyl groups excluding tert-OH is 2. The Balaban J connectivity index is 2.87. The zero-order valence-electron chi connectivity index (χ0n) is 7.63.